The molecule has 0 aromatic heterocycles. The van der Waals surface area contributed by atoms with Crippen LogP contribution in [0.15, 0.2) is 0 Å². The lowest BCUT2D eigenvalue weighted by Gasteiger charge is -2.17. The number of nitrogens with two attached hydrogens (primary N) is 1. The molecule has 8 heteroatoms. The number of methoxy groups -OCH3 is 1. The maximum absolute atomic E-state index is 11.4. The molecule has 0 aromatic rings. The number of esters is 1. The second kappa shape index (κ2) is 6.34. The summed E-state index contributed by atoms with van der Waals surface area (Å²) in [6.45, 7) is 0. The molecular formula is C5H13ClNO5P. The van der Waals surface area contributed by atoms with Crippen molar-refractivity contribution in [2.24, 2.45) is 5.73 Å². The van der Waals surface area contributed by atoms with Crippen LogP contribution in [0.5, 0.6) is 0 Å². The van der Waals surface area contributed by atoms with E-state index >= 15 is 0 Å². The predicted molar refractivity (Wildman–Crippen MR) is 48.9 cm³/mol. The number of rotatable bonds is 4. The minimum atomic E-state index is -3.54. The molecule has 0 bridgehead atoms. The van der Waals surface area contributed by atoms with E-state index in [9.17, 15) is 9.36 Å². The normalized spacial score (nSPS) is 12.9. The summed E-state index contributed by atoms with van der Waals surface area (Å²) in [5.41, 5.74) is 5.24. The van der Waals surface area contributed by atoms with Crippen molar-refractivity contribution in [2.75, 3.05) is 21.3 Å². The second-order valence-electron chi connectivity index (χ2n) is 1.87. The highest BCUT2D eigenvalue weighted by Crippen LogP contribution is 2.49. The maximum Gasteiger partial charge on any atom is 0.358 e. The number of hydrogen-bond donors (Lipinski definition) is 1. The van der Waals surface area contributed by atoms with Gasteiger partial charge in [0.25, 0.3) is 0 Å². The summed E-state index contributed by atoms with van der Waals surface area (Å²) in [4.78, 5) is 10.8. The molecule has 0 heterocycles. The van der Waals surface area contributed by atoms with Gasteiger partial charge in [0.2, 0.25) is 5.78 Å². The van der Waals surface area contributed by atoms with Gasteiger partial charge in [-0.15, -0.1) is 12.4 Å². The van der Waals surface area contributed by atoms with E-state index in [1.54, 1.807) is 0 Å². The zero-order chi connectivity index (χ0) is 9.78. The Balaban J connectivity index is 0. The second-order valence-corrected chi connectivity index (χ2v) is 4.24. The zero-order valence-corrected chi connectivity index (χ0v) is 9.26. The van der Waals surface area contributed by atoms with Crippen molar-refractivity contribution in [1.29, 1.82) is 0 Å². The molecule has 1 atom stereocenters. The molecule has 0 spiro atoms. The van der Waals surface area contributed by atoms with Crippen molar-refractivity contribution in [2.45, 2.75) is 5.78 Å². The first-order chi connectivity index (χ1) is 5.51. The van der Waals surface area contributed by atoms with Crippen LogP contribution in [0.1, 0.15) is 0 Å². The molecular weight excluding hydrogens is 220 g/mol. The van der Waals surface area contributed by atoms with Crippen LogP contribution in [-0.2, 0) is 23.1 Å². The summed E-state index contributed by atoms with van der Waals surface area (Å²) in [7, 11) is -0.113. The van der Waals surface area contributed by atoms with Gasteiger partial charge in [0, 0.05) is 14.2 Å². The Morgan fingerprint density at radius 3 is 1.92 bits per heavy atom. The lowest BCUT2D eigenvalue weighted by molar-refractivity contribution is -0.140. The Morgan fingerprint density at radius 2 is 1.69 bits per heavy atom. The molecule has 1 unspecified atom stereocenters. The molecule has 0 saturated carbocycles. The van der Waals surface area contributed by atoms with Crippen molar-refractivity contribution in [3.63, 3.8) is 0 Å². The summed E-state index contributed by atoms with van der Waals surface area (Å²) in [6.07, 6.45) is 0. The molecule has 80 valence electrons. The van der Waals surface area contributed by atoms with Crippen LogP contribution in [0.3, 0.4) is 0 Å². The Morgan fingerprint density at radius 1 is 1.31 bits per heavy atom. The molecule has 0 aliphatic heterocycles. The van der Waals surface area contributed by atoms with Crippen LogP contribution in [-0.4, -0.2) is 33.1 Å². The Hall–Kier alpha value is -0.130. The molecule has 0 saturated heterocycles. The van der Waals surface area contributed by atoms with E-state index in [0.717, 1.165) is 21.3 Å². The molecule has 0 aromatic carbocycles. The van der Waals surface area contributed by atoms with Gasteiger partial charge >= 0.3 is 13.6 Å². The molecule has 13 heavy (non-hydrogen) atoms. The fourth-order valence-electron chi connectivity index (χ4n) is 0.552. The lowest BCUT2D eigenvalue weighted by atomic mass is 10.7. The summed E-state index contributed by atoms with van der Waals surface area (Å²) < 4.78 is 24.6. The first-order valence-corrected chi connectivity index (χ1v) is 4.67. The van der Waals surface area contributed by atoms with Crippen LogP contribution >= 0.6 is 20.0 Å². The van der Waals surface area contributed by atoms with Crippen molar-refractivity contribution < 1.29 is 23.1 Å². The fourth-order valence-corrected chi connectivity index (χ4v) is 1.52. The fraction of sp³-hybridized carbons (Fsp3) is 0.800. The van der Waals surface area contributed by atoms with Crippen LogP contribution < -0.4 is 5.73 Å². The van der Waals surface area contributed by atoms with Gasteiger partial charge in [0.1, 0.15) is 0 Å². The topological polar surface area (TPSA) is 87.9 Å². The minimum absolute atomic E-state index is 0. The molecule has 0 rings (SSSR count). The number of hydrogen-bond acceptors (Lipinski definition) is 6. The smallest absolute Gasteiger partial charge is 0.358 e. The summed E-state index contributed by atoms with van der Waals surface area (Å²) in [5.74, 6) is -2.22. The number of carbonyl (C=O) groups excluding carboxylic acids is 1. The molecule has 0 aliphatic carbocycles. The largest absolute Gasteiger partial charge is 0.467 e. The first-order valence-electron chi connectivity index (χ1n) is 3.06. The van der Waals surface area contributed by atoms with E-state index in [1.165, 1.54) is 0 Å². The van der Waals surface area contributed by atoms with Gasteiger partial charge in [-0.2, -0.15) is 0 Å². The van der Waals surface area contributed by atoms with E-state index in [-0.39, 0.29) is 12.4 Å². The molecule has 0 aliphatic rings. The first kappa shape index (κ1) is 15.3. The molecule has 0 radical (unpaired) electrons. The molecule has 2 N–H and O–H groups in total. The van der Waals surface area contributed by atoms with E-state index in [2.05, 4.69) is 13.8 Å². The van der Waals surface area contributed by atoms with Gasteiger partial charge in [0.15, 0.2) is 0 Å². The summed E-state index contributed by atoms with van der Waals surface area (Å²) in [5, 5.41) is 0. The Bertz CT molecular complexity index is 203. The third-order valence-corrected chi connectivity index (χ3v) is 3.20. The highest BCUT2D eigenvalue weighted by molar-refractivity contribution is 7.55. The number of carbonyl (C=O) groups is 1. The van der Waals surface area contributed by atoms with E-state index in [1.807, 2.05) is 0 Å². The van der Waals surface area contributed by atoms with E-state index < -0.39 is 19.3 Å². The van der Waals surface area contributed by atoms with Crippen LogP contribution in [0.25, 0.3) is 0 Å². The van der Waals surface area contributed by atoms with Gasteiger partial charge in [-0.1, -0.05) is 0 Å². The van der Waals surface area contributed by atoms with E-state index in [0.29, 0.717) is 0 Å². The highest BCUT2D eigenvalue weighted by atomic mass is 35.5. The molecule has 0 amide bonds. The van der Waals surface area contributed by atoms with Gasteiger partial charge in [0.05, 0.1) is 7.11 Å². The monoisotopic (exact) mass is 233 g/mol. The average molecular weight is 234 g/mol. The van der Waals surface area contributed by atoms with Crippen molar-refractivity contribution >= 4 is 26.0 Å². The number of ether oxygens (including phenoxy) is 1. The number of halogens is 1. The maximum atomic E-state index is 11.4. The SMILES string of the molecule is COC(=O)C(N)P(=O)(OC)OC.Cl. The van der Waals surface area contributed by atoms with Crippen LogP contribution in [0.4, 0.5) is 0 Å². The van der Waals surface area contributed by atoms with Gasteiger partial charge < -0.3 is 19.5 Å². The van der Waals surface area contributed by atoms with Gasteiger partial charge in [-0.25, -0.2) is 4.79 Å². The quantitative estimate of drug-likeness (QED) is 0.557. The predicted octanol–water partition coefficient (Wildman–Crippen LogP) is 0.352. The minimum Gasteiger partial charge on any atom is -0.467 e. The van der Waals surface area contributed by atoms with Gasteiger partial charge in [-0.05, 0) is 0 Å². The van der Waals surface area contributed by atoms with Crippen LogP contribution in [0.2, 0.25) is 0 Å². The molecule has 6 nitrogen and oxygen atoms in total. The Labute approximate surface area is 82.7 Å². The zero-order valence-electron chi connectivity index (χ0n) is 7.55. The van der Waals surface area contributed by atoms with Crippen molar-refractivity contribution in [3.8, 4) is 0 Å². The third kappa shape index (κ3) is 3.62. The van der Waals surface area contributed by atoms with E-state index in [4.69, 9.17) is 5.73 Å². The van der Waals surface area contributed by atoms with Crippen LogP contribution in [0, 0.1) is 0 Å². The Kier molecular flexibility index (Phi) is 7.49. The summed E-state index contributed by atoms with van der Waals surface area (Å²) >= 11 is 0. The average Bonchev–Trinajstić information content (AvgIpc) is 2.14. The third-order valence-electron chi connectivity index (χ3n) is 1.29. The summed E-state index contributed by atoms with van der Waals surface area (Å²) in [6, 6.07) is 0. The van der Waals surface area contributed by atoms with Gasteiger partial charge in [-0.3, -0.25) is 4.57 Å². The highest BCUT2D eigenvalue weighted by Gasteiger charge is 2.37. The van der Waals surface area contributed by atoms with Crippen molar-refractivity contribution in [1.82, 2.24) is 0 Å². The molecule has 0 fully saturated rings. The standard InChI is InChI=1S/C5H12NO5P.ClH/c1-9-5(7)4(6)12(8,10-2)11-3;/h4H,6H2,1-3H3;1H. The van der Waals surface area contributed by atoms with Crippen molar-refractivity contribution in [3.05, 3.63) is 0 Å². The lowest BCUT2D eigenvalue weighted by Crippen LogP contribution is -2.32.